The number of nitriles is 2. The zero-order valence-corrected chi connectivity index (χ0v) is 19.4. The molecule has 1 saturated heterocycles. The summed E-state index contributed by atoms with van der Waals surface area (Å²) in [7, 11) is 0. The Hall–Kier alpha value is -2.71. The molecular formula is C25H29N5OS. The molecule has 2 aromatic rings. The highest BCUT2D eigenvalue weighted by molar-refractivity contribution is 7.16. The molecule has 1 N–H and O–H groups in total. The summed E-state index contributed by atoms with van der Waals surface area (Å²) in [5.41, 5.74) is 3.72. The number of aryl methyl sites for hydroxylation is 1. The fourth-order valence-electron chi connectivity index (χ4n) is 4.58. The van der Waals surface area contributed by atoms with Crippen LogP contribution in [0.2, 0.25) is 0 Å². The van der Waals surface area contributed by atoms with Gasteiger partial charge < -0.3 is 5.32 Å². The summed E-state index contributed by atoms with van der Waals surface area (Å²) in [6.07, 6.45) is 5.45. The van der Waals surface area contributed by atoms with Crippen LogP contribution < -0.4 is 5.32 Å². The molecule has 1 amide bonds. The van der Waals surface area contributed by atoms with Gasteiger partial charge >= 0.3 is 0 Å². The molecular weight excluding hydrogens is 418 g/mol. The maximum Gasteiger partial charge on any atom is 0.242 e. The number of amides is 1. The molecule has 32 heavy (non-hydrogen) atoms. The van der Waals surface area contributed by atoms with Gasteiger partial charge in [-0.05, 0) is 55.9 Å². The molecule has 1 aliphatic carbocycles. The third-order valence-electron chi connectivity index (χ3n) is 6.59. The molecule has 1 fully saturated rings. The molecule has 0 bridgehead atoms. The van der Waals surface area contributed by atoms with Gasteiger partial charge in [0.2, 0.25) is 5.91 Å². The molecule has 1 aromatic heterocycles. The Labute approximate surface area is 194 Å². The van der Waals surface area contributed by atoms with Crippen molar-refractivity contribution in [2.75, 3.05) is 31.5 Å². The van der Waals surface area contributed by atoms with Crippen LogP contribution in [0, 0.1) is 22.7 Å². The molecule has 1 aliphatic heterocycles. The van der Waals surface area contributed by atoms with E-state index < -0.39 is 0 Å². The first kappa shape index (κ1) is 22.5. The van der Waals surface area contributed by atoms with E-state index in [0.29, 0.717) is 11.1 Å². The van der Waals surface area contributed by atoms with Gasteiger partial charge in [-0.15, -0.1) is 11.3 Å². The van der Waals surface area contributed by atoms with E-state index in [1.165, 1.54) is 16.9 Å². The first-order valence-corrected chi connectivity index (χ1v) is 12.2. The van der Waals surface area contributed by atoms with Crippen molar-refractivity contribution < 1.29 is 4.79 Å². The van der Waals surface area contributed by atoms with Gasteiger partial charge in [-0.3, -0.25) is 14.6 Å². The lowest BCUT2D eigenvalue weighted by molar-refractivity contribution is -0.121. The van der Waals surface area contributed by atoms with Gasteiger partial charge in [-0.1, -0.05) is 18.6 Å². The highest BCUT2D eigenvalue weighted by atomic mass is 32.1. The average Bonchev–Trinajstić information content (AvgIpc) is 2.98. The third kappa shape index (κ3) is 5.02. The van der Waals surface area contributed by atoms with Gasteiger partial charge in [-0.25, -0.2) is 0 Å². The smallest absolute Gasteiger partial charge is 0.242 e. The van der Waals surface area contributed by atoms with Crippen LogP contribution in [0.3, 0.4) is 0 Å². The molecule has 2 heterocycles. The van der Waals surface area contributed by atoms with Crippen LogP contribution in [0.5, 0.6) is 0 Å². The van der Waals surface area contributed by atoms with Gasteiger partial charge in [0.25, 0.3) is 0 Å². The van der Waals surface area contributed by atoms with Crippen LogP contribution in [0.15, 0.2) is 24.3 Å². The normalized spacial score (nSPS) is 18.1. The van der Waals surface area contributed by atoms with E-state index in [1.807, 2.05) is 31.2 Å². The first-order chi connectivity index (χ1) is 15.6. The van der Waals surface area contributed by atoms with E-state index in [1.54, 1.807) is 11.3 Å². The summed E-state index contributed by atoms with van der Waals surface area (Å²) in [5.74, 6) is -0.0292. The summed E-state index contributed by atoms with van der Waals surface area (Å²) in [6.45, 7) is 6.26. The molecule has 7 heteroatoms. The van der Waals surface area contributed by atoms with Crippen molar-refractivity contribution in [1.29, 1.82) is 10.5 Å². The molecule has 1 aromatic carbocycles. The number of anilines is 1. The molecule has 166 valence electrons. The first-order valence-electron chi connectivity index (χ1n) is 11.4. The fourth-order valence-corrected chi connectivity index (χ4v) is 5.83. The van der Waals surface area contributed by atoms with E-state index in [-0.39, 0.29) is 11.9 Å². The lowest BCUT2D eigenvalue weighted by Crippen LogP contribution is -2.52. The molecule has 0 unspecified atom stereocenters. The number of benzene rings is 1. The number of nitrogens with one attached hydrogen (secondary N) is 1. The van der Waals surface area contributed by atoms with Gasteiger partial charge in [0, 0.05) is 37.6 Å². The number of hydrogen-bond donors (Lipinski definition) is 1. The lowest BCUT2D eigenvalue weighted by Gasteiger charge is -2.37. The van der Waals surface area contributed by atoms with Crippen LogP contribution in [0.1, 0.15) is 53.3 Å². The van der Waals surface area contributed by atoms with Crippen LogP contribution >= 0.6 is 11.3 Å². The van der Waals surface area contributed by atoms with E-state index >= 15 is 0 Å². The fraction of sp³-hybridized carbons (Fsp3) is 0.480. The average molecular weight is 448 g/mol. The molecule has 2 aliphatic rings. The number of nitrogens with zero attached hydrogens (tertiary/aromatic N) is 4. The number of fused-ring (bicyclic) bond motifs is 1. The minimum absolute atomic E-state index is 0.0292. The molecule has 1 atom stereocenters. The minimum Gasteiger partial charge on any atom is -0.315 e. The molecule has 6 nitrogen and oxygen atoms in total. The highest BCUT2D eigenvalue weighted by Gasteiger charge is 2.28. The maximum atomic E-state index is 13.0. The van der Waals surface area contributed by atoms with Gasteiger partial charge in [0.1, 0.15) is 11.1 Å². The number of thiophene rings is 1. The Morgan fingerprint density at radius 1 is 1.06 bits per heavy atom. The van der Waals surface area contributed by atoms with Crippen molar-refractivity contribution >= 4 is 22.2 Å². The van der Waals surface area contributed by atoms with E-state index in [2.05, 4.69) is 27.3 Å². The second-order valence-corrected chi connectivity index (χ2v) is 9.77. The van der Waals surface area contributed by atoms with Crippen molar-refractivity contribution in [3.63, 3.8) is 0 Å². The quantitative estimate of drug-likeness (QED) is 0.703. The van der Waals surface area contributed by atoms with Gasteiger partial charge in [0.05, 0.1) is 23.2 Å². The topological polar surface area (TPSA) is 83.2 Å². The van der Waals surface area contributed by atoms with E-state index in [9.17, 15) is 10.1 Å². The Bertz CT molecular complexity index is 1040. The van der Waals surface area contributed by atoms with Crippen molar-refractivity contribution in [3.05, 3.63) is 51.4 Å². The monoisotopic (exact) mass is 447 g/mol. The summed E-state index contributed by atoms with van der Waals surface area (Å²) < 4.78 is 0. The SMILES string of the molecule is C[C@@H](C(=O)Nc1sc2c(c1C#N)CCCCC2)N1CCN(Cc2ccc(C#N)cc2)CC1. The summed E-state index contributed by atoms with van der Waals surface area (Å²) in [4.78, 5) is 18.9. The molecule has 0 spiro atoms. The predicted molar refractivity (Wildman–Crippen MR) is 126 cm³/mol. The van der Waals surface area contributed by atoms with Gasteiger partial charge in [-0.2, -0.15) is 10.5 Å². The van der Waals surface area contributed by atoms with Crippen LogP contribution in [-0.4, -0.2) is 47.9 Å². The highest BCUT2D eigenvalue weighted by Crippen LogP contribution is 2.37. The molecule has 0 saturated carbocycles. The molecule has 0 radical (unpaired) electrons. The van der Waals surface area contributed by atoms with Crippen LogP contribution in [0.25, 0.3) is 0 Å². The minimum atomic E-state index is -0.236. The maximum absolute atomic E-state index is 13.0. The standard InChI is InChI=1S/C25H29N5OS/c1-18(24(31)28-25-22(16-27)21-5-3-2-4-6-23(21)32-25)30-13-11-29(12-14-30)17-20-9-7-19(15-26)8-10-20/h7-10,18H,2-6,11-14,17H2,1H3,(H,28,31)/t18-/m0/s1. The Balaban J connectivity index is 1.32. The van der Waals surface area contributed by atoms with Crippen molar-refractivity contribution in [3.8, 4) is 12.1 Å². The Kier molecular flexibility index (Phi) is 7.22. The number of rotatable bonds is 5. The van der Waals surface area contributed by atoms with Crippen molar-refractivity contribution in [2.24, 2.45) is 0 Å². The summed E-state index contributed by atoms with van der Waals surface area (Å²) in [5, 5.41) is 22.5. The largest absolute Gasteiger partial charge is 0.315 e. The van der Waals surface area contributed by atoms with Crippen LogP contribution in [-0.2, 0) is 24.2 Å². The number of carbonyl (C=O) groups is 1. The number of hydrogen-bond acceptors (Lipinski definition) is 6. The predicted octanol–water partition coefficient (Wildman–Crippen LogP) is 3.91. The lowest BCUT2D eigenvalue weighted by atomic mass is 10.1. The third-order valence-corrected chi connectivity index (χ3v) is 7.80. The van der Waals surface area contributed by atoms with E-state index in [0.717, 1.165) is 69.0 Å². The number of piperazine rings is 1. The van der Waals surface area contributed by atoms with Gasteiger partial charge in [0.15, 0.2) is 0 Å². The molecule has 4 rings (SSSR count). The second-order valence-electron chi connectivity index (χ2n) is 8.67. The van der Waals surface area contributed by atoms with E-state index in [4.69, 9.17) is 5.26 Å². The zero-order chi connectivity index (χ0) is 22.5. The van der Waals surface area contributed by atoms with Crippen molar-refractivity contribution in [2.45, 2.75) is 51.6 Å². The van der Waals surface area contributed by atoms with Crippen LogP contribution in [0.4, 0.5) is 5.00 Å². The Morgan fingerprint density at radius 3 is 2.47 bits per heavy atom. The second kappa shape index (κ2) is 10.3. The summed E-state index contributed by atoms with van der Waals surface area (Å²) >= 11 is 1.60. The number of carbonyl (C=O) groups excluding carboxylic acids is 1. The Morgan fingerprint density at radius 2 is 1.78 bits per heavy atom. The summed E-state index contributed by atoms with van der Waals surface area (Å²) in [6, 6.07) is 12.0. The zero-order valence-electron chi connectivity index (χ0n) is 18.6. The van der Waals surface area contributed by atoms with Crippen molar-refractivity contribution in [1.82, 2.24) is 9.80 Å².